The predicted octanol–water partition coefficient (Wildman–Crippen LogP) is 4.38. The van der Waals surface area contributed by atoms with Crippen LogP contribution in [-0.4, -0.2) is 94.9 Å². The molecule has 0 atom stereocenters. The number of nitriles is 1. The zero-order chi connectivity index (χ0) is 46.4. The van der Waals surface area contributed by atoms with Crippen LogP contribution in [0.3, 0.4) is 0 Å². The average molecular weight is 1140 g/mol. The van der Waals surface area contributed by atoms with E-state index < -0.39 is 5.09 Å². The van der Waals surface area contributed by atoms with Crippen molar-refractivity contribution in [2.45, 2.75) is 6.92 Å². The Hall–Kier alpha value is -5.31. The first kappa shape index (κ1) is 67.8. The predicted molar refractivity (Wildman–Crippen MR) is 233 cm³/mol. The Morgan fingerprint density at radius 1 is 0.562 bits per heavy atom. The van der Waals surface area contributed by atoms with Crippen LogP contribution in [0, 0.1) is 62.3 Å². The van der Waals surface area contributed by atoms with Crippen LogP contribution in [0.1, 0.15) is 29.2 Å². The van der Waals surface area contributed by atoms with Gasteiger partial charge in [-0.05, 0) is 46.5 Å². The van der Waals surface area contributed by atoms with Gasteiger partial charge in [0.05, 0.1) is 65.8 Å². The smallest absolute Gasteiger partial charge is 0.870 e. The number of isothiocyanates is 2. The second kappa shape index (κ2) is 44.3. The van der Waals surface area contributed by atoms with Gasteiger partial charge in [0.25, 0.3) is 0 Å². The molecule has 4 aromatic carbocycles. The van der Waals surface area contributed by atoms with Crippen molar-refractivity contribution in [3.63, 3.8) is 0 Å². The minimum absolute atomic E-state index is 0. The van der Waals surface area contributed by atoms with Crippen molar-refractivity contribution in [1.29, 1.82) is 5.26 Å². The Balaban J connectivity index is -0.000000275. The summed E-state index contributed by atoms with van der Waals surface area (Å²) in [5.41, 5.74) is 1.86. The number of rotatable bonds is 14. The molecule has 0 saturated carbocycles. The first-order chi connectivity index (χ1) is 29.3. The SMILES string of the molecule is CC#N.COc1cccc(C=NCCN=Cc2cccc(OC)c2[O-])c1[O-].COc1cccc(C=NCCN=Cc2cccc(OC)c2[O-])c1[O-].O=[N+]([O-])[O-].[La+3].[N-]=C=S.[N-]=C=S.[Zn+2].[Zn+2]. The minimum Gasteiger partial charge on any atom is -0.870 e. The fourth-order valence-corrected chi connectivity index (χ4v) is 4.06. The Kier molecular flexibility index (Phi) is 46.9. The van der Waals surface area contributed by atoms with Crippen molar-refractivity contribution in [3.05, 3.63) is 121 Å². The summed E-state index contributed by atoms with van der Waals surface area (Å²) < 4.78 is 19.9. The number of ether oxygens (including phenoxy) is 4. The topological polar surface area (TPSA) is 313 Å². The molecule has 19 nitrogen and oxygen atoms in total. The molecular weight excluding hydrogens is 1100 g/mol. The molecule has 64 heavy (non-hydrogen) atoms. The molecule has 0 radical (unpaired) electrons. The summed E-state index contributed by atoms with van der Waals surface area (Å²) in [4.78, 5) is 24.9. The summed E-state index contributed by atoms with van der Waals surface area (Å²) in [6.45, 7) is 3.06. The van der Waals surface area contributed by atoms with E-state index in [1.807, 2.05) is 0 Å². The van der Waals surface area contributed by atoms with E-state index >= 15 is 0 Å². The monoisotopic (exact) mass is 1140 g/mol. The van der Waals surface area contributed by atoms with E-state index in [2.05, 4.69) is 44.4 Å². The van der Waals surface area contributed by atoms with Gasteiger partial charge in [0.15, 0.2) is 0 Å². The van der Waals surface area contributed by atoms with E-state index in [-0.39, 0.29) is 121 Å². The van der Waals surface area contributed by atoms with E-state index in [0.29, 0.717) is 48.4 Å². The maximum atomic E-state index is 11.9. The second-order valence-corrected chi connectivity index (χ2v) is 10.7. The molecule has 0 aliphatic heterocycles. The van der Waals surface area contributed by atoms with Crippen molar-refractivity contribution in [3.8, 4) is 52.1 Å². The standard InChI is InChI=1S/2C18H20N2O4.C2H3N.2CNS.La.NO3.2Zn/c2*1-23-15-7-3-5-13(17(15)21)11-19-9-10-20-12-14-6-4-8-16(24-2)18(14)22;1-2-3;2*2-1-3;;2-1(3)4;;/h2*3-8,11-12,21-22H,9-10H2,1-2H3;1H3;;;;;;/q;;;2*-1;+3;-1;2*+2/p-4. The van der Waals surface area contributed by atoms with Crippen molar-refractivity contribution in [2.75, 3.05) is 54.6 Å². The Labute approximate surface area is 434 Å². The molecule has 0 heterocycles. The third-order valence-corrected chi connectivity index (χ3v) is 6.55. The van der Waals surface area contributed by atoms with Crippen LogP contribution in [0.4, 0.5) is 0 Å². The Bertz CT molecular complexity index is 1900. The van der Waals surface area contributed by atoms with Crippen LogP contribution in [0.15, 0.2) is 92.8 Å². The molecule has 0 N–H and O–H groups in total. The molecule has 0 aliphatic rings. The number of para-hydroxylation sites is 4. The molecule has 0 amide bonds. The molecule has 0 spiro atoms. The van der Waals surface area contributed by atoms with Crippen molar-refractivity contribution in [1.82, 2.24) is 0 Å². The first-order valence-corrected chi connectivity index (χ1v) is 17.6. The van der Waals surface area contributed by atoms with Gasteiger partial charge in [-0.15, -0.1) is 0 Å². The average Bonchev–Trinajstić information content (AvgIpc) is 3.23. The van der Waals surface area contributed by atoms with Gasteiger partial charge in [-0.1, -0.05) is 96.0 Å². The van der Waals surface area contributed by atoms with E-state index in [9.17, 15) is 20.4 Å². The minimum atomic E-state index is -1.75. The number of nitrogens with zero attached hydrogens (tertiary/aromatic N) is 8. The number of methoxy groups -OCH3 is 4. The molecule has 24 heteroatoms. The van der Waals surface area contributed by atoms with E-state index in [0.717, 1.165) is 0 Å². The van der Waals surface area contributed by atoms with Crippen LogP contribution < -0.4 is 39.4 Å². The summed E-state index contributed by atoms with van der Waals surface area (Å²) in [7, 11) is 5.81. The summed E-state index contributed by atoms with van der Waals surface area (Å²) in [5, 5.41) is 86.6. The maximum Gasteiger partial charge on any atom is 3.00 e. The van der Waals surface area contributed by atoms with Crippen LogP contribution >= 0.6 is 24.4 Å². The largest absolute Gasteiger partial charge is 3.00 e. The van der Waals surface area contributed by atoms with Crippen molar-refractivity contribution in [2.24, 2.45) is 20.0 Å². The molecule has 0 saturated heterocycles. The molecular formula is C40H39LaN8O11S2Zn2. The third kappa shape index (κ3) is 29.9. The fraction of sp³-hybridized carbons (Fsp3) is 0.225. The molecule has 4 rings (SSSR count). The van der Waals surface area contributed by atoms with Crippen LogP contribution in [-0.2, 0) is 39.0 Å². The third-order valence-electron chi connectivity index (χ3n) is 6.55. The number of aliphatic imine (C=N–C) groups is 4. The van der Waals surface area contributed by atoms with Gasteiger partial charge >= 0.3 is 74.6 Å². The number of hydrogen-bond acceptors (Lipinski definition) is 18. The molecule has 4 aromatic rings. The molecule has 324 valence electrons. The zero-order valence-corrected chi connectivity index (χ0v) is 46.6. The molecule has 0 aliphatic carbocycles. The van der Waals surface area contributed by atoms with Crippen LogP contribution in [0.2, 0.25) is 0 Å². The molecule has 0 fully saturated rings. The summed E-state index contributed by atoms with van der Waals surface area (Å²) >= 11 is 7.40. The quantitative estimate of drug-likeness (QED) is 0.0423. The summed E-state index contributed by atoms with van der Waals surface area (Å²) in [6, 6.07) is 21.8. The maximum absolute atomic E-state index is 11.9. The Morgan fingerprint density at radius 3 is 0.859 bits per heavy atom. The van der Waals surface area contributed by atoms with Gasteiger partial charge < -0.3 is 65.5 Å². The van der Waals surface area contributed by atoms with Crippen molar-refractivity contribution >= 4 is 59.6 Å². The van der Waals surface area contributed by atoms with Gasteiger partial charge in [-0.2, -0.15) is 15.6 Å². The fourth-order valence-electron chi connectivity index (χ4n) is 4.06. The molecule has 0 bridgehead atoms. The van der Waals surface area contributed by atoms with E-state index in [4.69, 9.17) is 50.3 Å². The Morgan fingerprint density at radius 2 is 0.719 bits per heavy atom. The van der Waals surface area contributed by atoms with Crippen LogP contribution in [0.5, 0.6) is 46.0 Å². The number of thiocarbonyl (C=S) groups is 2. The summed E-state index contributed by atoms with van der Waals surface area (Å²) in [6.07, 6.45) is 6.02. The zero-order valence-electron chi connectivity index (χ0n) is 35.4. The van der Waals surface area contributed by atoms with Gasteiger partial charge in [0, 0.05) is 31.8 Å². The van der Waals surface area contributed by atoms with Crippen LogP contribution in [0.25, 0.3) is 10.8 Å². The van der Waals surface area contributed by atoms with E-state index in [1.165, 1.54) is 70.5 Å². The molecule has 0 aromatic heterocycles. The van der Waals surface area contributed by atoms with Gasteiger partial charge in [0.1, 0.15) is 23.0 Å². The van der Waals surface area contributed by atoms with Crippen molar-refractivity contribution < 1.29 is 119 Å². The normalized spacial score (nSPS) is 9.19. The van der Waals surface area contributed by atoms with E-state index in [1.54, 1.807) is 78.9 Å². The van der Waals surface area contributed by atoms with Gasteiger partial charge in [-0.25, -0.2) is 0 Å². The second-order valence-electron chi connectivity index (χ2n) is 10.3. The molecule has 0 unspecified atom stereocenters. The number of hydrogen-bond donors (Lipinski definition) is 0. The first-order valence-electron chi connectivity index (χ1n) is 16.8. The summed E-state index contributed by atoms with van der Waals surface area (Å²) in [5.74, 6) is 0.380. The van der Waals surface area contributed by atoms with Gasteiger partial charge in [-0.3, -0.25) is 20.0 Å². The number of benzene rings is 4. The van der Waals surface area contributed by atoms with Gasteiger partial charge in [0.2, 0.25) is 0 Å².